The van der Waals surface area contributed by atoms with Gasteiger partial charge in [0.05, 0.1) is 25.9 Å². The van der Waals surface area contributed by atoms with Gasteiger partial charge in [0, 0.05) is 0 Å². The zero-order valence-electron chi connectivity index (χ0n) is 6.42. The first-order valence-corrected chi connectivity index (χ1v) is 3.45. The standard InChI is InChI=1S/C7H13O3/c1-6(2)10-5-7-8-3-4-9-7/h7H,3-5H2,1-2H3. The Morgan fingerprint density at radius 3 is 2.50 bits per heavy atom. The predicted octanol–water partition coefficient (Wildman–Crippen LogP) is 0.948. The summed E-state index contributed by atoms with van der Waals surface area (Å²) in [6.07, 6.45) is 0.800. The third kappa shape index (κ3) is 2.64. The van der Waals surface area contributed by atoms with Crippen molar-refractivity contribution in [3.8, 4) is 0 Å². The second-order valence-electron chi connectivity index (χ2n) is 2.39. The van der Waals surface area contributed by atoms with Crippen molar-refractivity contribution in [2.75, 3.05) is 19.8 Å². The maximum absolute atomic E-state index is 5.19. The van der Waals surface area contributed by atoms with Gasteiger partial charge in [-0.15, -0.1) is 0 Å². The molecule has 0 aliphatic carbocycles. The van der Waals surface area contributed by atoms with Gasteiger partial charge in [-0.25, -0.2) is 0 Å². The van der Waals surface area contributed by atoms with Gasteiger partial charge < -0.3 is 14.2 Å². The summed E-state index contributed by atoms with van der Waals surface area (Å²) < 4.78 is 15.5. The molecule has 0 aromatic rings. The summed E-state index contributed by atoms with van der Waals surface area (Å²) in [6, 6.07) is 0. The summed E-state index contributed by atoms with van der Waals surface area (Å²) in [5.74, 6) is 0. The molecule has 0 bridgehead atoms. The number of hydrogen-bond donors (Lipinski definition) is 0. The van der Waals surface area contributed by atoms with Crippen molar-refractivity contribution in [1.82, 2.24) is 0 Å². The first-order valence-electron chi connectivity index (χ1n) is 3.45. The van der Waals surface area contributed by atoms with Gasteiger partial charge in [0.25, 0.3) is 0 Å². The van der Waals surface area contributed by atoms with Crippen molar-refractivity contribution in [3.05, 3.63) is 6.10 Å². The highest BCUT2D eigenvalue weighted by molar-refractivity contribution is 4.61. The van der Waals surface area contributed by atoms with Gasteiger partial charge in [-0.3, -0.25) is 0 Å². The summed E-state index contributed by atoms with van der Waals surface area (Å²) in [5.41, 5.74) is 0. The van der Waals surface area contributed by atoms with Crippen LogP contribution in [0.3, 0.4) is 0 Å². The third-order valence-electron chi connectivity index (χ3n) is 1.20. The Morgan fingerprint density at radius 1 is 1.40 bits per heavy atom. The summed E-state index contributed by atoms with van der Waals surface area (Å²) in [4.78, 5) is 0. The van der Waals surface area contributed by atoms with Crippen LogP contribution in [0.2, 0.25) is 0 Å². The van der Waals surface area contributed by atoms with Crippen molar-refractivity contribution < 1.29 is 14.2 Å². The van der Waals surface area contributed by atoms with Gasteiger partial charge in [0.2, 0.25) is 0 Å². The molecule has 1 fully saturated rings. The molecule has 1 aliphatic rings. The fourth-order valence-corrected chi connectivity index (χ4v) is 0.738. The van der Waals surface area contributed by atoms with E-state index in [9.17, 15) is 0 Å². The fourth-order valence-electron chi connectivity index (χ4n) is 0.738. The van der Waals surface area contributed by atoms with Crippen LogP contribution in [0.4, 0.5) is 0 Å². The Hall–Kier alpha value is -0.120. The van der Waals surface area contributed by atoms with Crippen molar-refractivity contribution in [2.24, 2.45) is 0 Å². The zero-order chi connectivity index (χ0) is 7.40. The van der Waals surface area contributed by atoms with Crippen LogP contribution >= 0.6 is 0 Å². The highest BCUT2D eigenvalue weighted by atomic mass is 16.7. The SMILES string of the molecule is C[C](C)OCC1OCCO1. The first-order chi connectivity index (χ1) is 4.79. The minimum absolute atomic E-state index is 0.144. The van der Waals surface area contributed by atoms with Gasteiger partial charge >= 0.3 is 0 Å². The topological polar surface area (TPSA) is 27.7 Å². The van der Waals surface area contributed by atoms with Crippen LogP contribution in [-0.2, 0) is 14.2 Å². The quantitative estimate of drug-likeness (QED) is 0.591. The normalized spacial score (nSPS) is 20.7. The highest BCUT2D eigenvalue weighted by Crippen LogP contribution is 2.06. The molecule has 3 heteroatoms. The lowest BCUT2D eigenvalue weighted by molar-refractivity contribution is -0.0898. The highest BCUT2D eigenvalue weighted by Gasteiger charge is 2.15. The lowest BCUT2D eigenvalue weighted by Crippen LogP contribution is -2.16. The molecule has 0 atom stereocenters. The van der Waals surface area contributed by atoms with E-state index >= 15 is 0 Å². The second-order valence-corrected chi connectivity index (χ2v) is 2.39. The summed E-state index contributed by atoms with van der Waals surface area (Å²) in [7, 11) is 0. The van der Waals surface area contributed by atoms with E-state index in [1.807, 2.05) is 13.8 Å². The Balaban J connectivity index is 2.01. The average molecular weight is 145 g/mol. The first kappa shape index (κ1) is 7.98. The van der Waals surface area contributed by atoms with E-state index in [1.165, 1.54) is 0 Å². The lowest BCUT2D eigenvalue weighted by atomic mass is 10.5. The summed E-state index contributed by atoms with van der Waals surface area (Å²) in [5, 5.41) is 0. The monoisotopic (exact) mass is 145 g/mol. The van der Waals surface area contributed by atoms with Crippen molar-refractivity contribution in [2.45, 2.75) is 20.1 Å². The minimum atomic E-state index is -0.144. The van der Waals surface area contributed by atoms with Gasteiger partial charge in [-0.2, -0.15) is 0 Å². The van der Waals surface area contributed by atoms with Gasteiger partial charge in [-0.05, 0) is 13.8 Å². The molecule has 0 N–H and O–H groups in total. The van der Waals surface area contributed by atoms with E-state index in [1.54, 1.807) is 0 Å². The molecule has 3 nitrogen and oxygen atoms in total. The minimum Gasteiger partial charge on any atom is -0.367 e. The molecule has 10 heavy (non-hydrogen) atoms. The van der Waals surface area contributed by atoms with Crippen molar-refractivity contribution >= 4 is 0 Å². The van der Waals surface area contributed by atoms with E-state index in [2.05, 4.69) is 0 Å². The van der Waals surface area contributed by atoms with E-state index < -0.39 is 0 Å². The van der Waals surface area contributed by atoms with Crippen LogP contribution in [0, 0.1) is 6.10 Å². The number of hydrogen-bond acceptors (Lipinski definition) is 3. The molecule has 1 radical (unpaired) electrons. The fraction of sp³-hybridized carbons (Fsp3) is 0.857. The van der Waals surface area contributed by atoms with Gasteiger partial charge in [0.15, 0.2) is 6.29 Å². The molecule has 0 amide bonds. The van der Waals surface area contributed by atoms with Crippen LogP contribution in [-0.4, -0.2) is 26.1 Å². The Bertz CT molecular complexity index is 86.9. The molecule has 0 aromatic carbocycles. The molecule has 0 aromatic heterocycles. The Labute approximate surface area is 61.3 Å². The van der Waals surface area contributed by atoms with Gasteiger partial charge in [-0.1, -0.05) is 0 Å². The Kier molecular flexibility index (Phi) is 3.12. The zero-order valence-corrected chi connectivity index (χ0v) is 6.42. The largest absolute Gasteiger partial charge is 0.367 e. The molecule has 1 saturated heterocycles. The van der Waals surface area contributed by atoms with Crippen molar-refractivity contribution in [3.63, 3.8) is 0 Å². The maximum atomic E-state index is 5.19. The molecule has 0 saturated carbocycles. The predicted molar refractivity (Wildman–Crippen MR) is 36.2 cm³/mol. The smallest absolute Gasteiger partial charge is 0.181 e. The van der Waals surface area contributed by atoms with Crippen LogP contribution < -0.4 is 0 Å². The van der Waals surface area contributed by atoms with E-state index in [-0.39, 0.29) is 6.29 Å². The van der Waals surface area contributed by atoms with Crippen LogP contribution in [0.1, 0.15) is 13.8 Å². The van der Waals surface area contributed by atoms with Crippen LogP contribution in [0.25, 0.3) is 0 Å². The number of ether oxygens (including phenoxy) is 3. The Morgan fingerprint density at radius 2 is 2.00 bits per heavy atom. The molecular weight excluding hydrogens is 132 g/mol. The molecule has 1 rings (SSSR count). The molecule has 1 aliphatic heterocycles. The molecule has 0 spiro atoms. The molecule has 0 unspecified atom stereocenters. The molecule has 1 heterocycles. The van der Waals surface area contributed by atoms with E-state index in [4.69, 9.17) is 14.2 Å². The molecule has 59 valence electrons. The third-order valence-corrected chi connectivity index (χ3v) is 1.20. The van der Waals surface area contributed by atoms with Crippen molar-refractivity contribution in [1.29, 1.82) is 0 Å². The van der Waals surface area contributed by atoms with E-state index in [0.717, 1.165) is 6.10 Å². The maximum Gasteiger partial charge on any atom is 0.181 e. The summed E-state index contributed by atoms with van der Waals surface area (Å²) in [6.45, 7) is 5.72. The van der Waals surface area contributed by atoms with E-state index in [0.29, 0.717) is 19.8 Å². The van der Waals surface area contributed by atoms with Gasteiger partial charge in [0.1, 0.15) is 0 Å². The summed E-state index contributed by atoms with van der Waals surface area (Å²) >= 11 is 0. The molecular formula is C7H13O3. The van der Waals surface area contributed by atoms with Crippen LogP contribution in [0.15, 0.2) is 0 Å². The second kappa shape index (κ2) is 3.91. The van der Waals surface area contributed by atoms with Crippen LogP contribution in [0.5, 0.6) is 0 Å². The average Bonchev–Trinajstić information content (AvgIpc) is 2.34. The lowest BCUT2D eigenvalue weighted by Gasteiger charge is -2.10. The number of rotatable bonds is 3.